The fraction of sp³-hybridized carbons (Fsp3) is 0.353. The third-order valence-electron chi connectivity index (χ3n) is 3.15. The third kappa shape index (κ3) is 4.76. The van der Waals surface area contributed by atoms with Crippen molar-refractivity contribution >= 4 is 5.82 Å². The summed E-state index contributed by atoms with van der Waals surface area (Å²) in [6.45, 7) is 4.20. The molecule has 2 aromatic rings. The minimum Gasteiger partial charge on any atom is -0.490 e. The number of hydrogen-bond donors (Lipinski definition) is 2. The number of nitrogens with zero attached hydrogens (tertiary/aromatic N) is 1. The van der Waals surface area contributed by atoms with Gasteiger partial charge in [-0.2, -0.15) is 0 Å². The number of nitrogens with two attached hydrogens (primary N) is 1. The minimum absolute atomic E-state index is 0.684. The molecule has 0 atom stereocenters. The molecule has 0 fully saturated rings. The molecule has 0 saturated carbocycles. The van der Waals surface area contributed by atoms with Gasteiger partial charge in [-0.25, -0.2) is 4.98 Å². The second-order valence-electron chi connectivity index (χ2n) is 4.91. The molecule has 0 radical (unpaired) electrons. The monoisotopic (exact) mass is 285 g/mol. The summed E-state index contributed by atoms with van der Waals surface area (Å²) >= 11 is 0. The number of rotatable bonds is 8. The topological polar surface area (TPSA) is 60.2 Å². The number of aromatic nitrogens is 1. The molecule has 0 aliphatic carbocycles. The maximum absolute atomic E-state index is 5.69. The van der Waals surface area contributed by atoms with Crippen LogP contribution in [0.2, 0.25) is 0 Å². The van der Waals surface area contributed by atoms with E-state index in [9.17, 15) is 0 Å². The molecule has 0 aliphatic rings. The Morgan fingerprint density at radius 2 is 1.90 bits per heavy atom. The molecule has 112 valence electrons. The van der Waals surface area contributed by atoms with Crippen LogP contribution in [-0.2, 0) is 13.0 Å². The smallest absolute Gasteiger partial charge is 0.169 e. The average Bonchev–Trinajstić information content (AvgIpc) is 2.53. The zero-order chi connectivity index (χ0) is 14.9. The molecule has 4 nitrogen and oxygen atoms in total. The fourth-order valence-corrected chi connectivity index (χ4v) is 2.03. The largest absolute Gasteiger partial charge is 0.490 e. The molecule has 4 heteroatoms. The Balaban J connectivity index is 1.96. The van der Waals surface area contributed by atoms with Crippen molar-refractivity contribution in [3.05, 3.63) is 53.7 Å². The van der Waals surface area contributed by atoms with Gasteiger partial charge < -0.3 is 15.8 Å². The van der Waals surface area contributed by atoms with Crippen LogP contribution in [-0.4, -0.2) is 18.1 Å². The van der Waals surface area contributed by atoms with E-state index in [0.29, 0.717) is 13.2 Å². The van der Waals surface area contributed by atoms with Crippen LogP contribution in [0.4, 0.5) is 5.82 Å². The lowest BCUT2D eigenvalue weighted by atomic mass is 10.1. The summed E-state index contributed by atoms with van der Waals surface area (Å²) in [5, 5.41) is 3.33. The molecule has 0 amide bonds. The average molecular weight is 285 g/mol. The first-order valence-electron chi connectivity index (χ1n) is 7.43. The first kappa shape index (κ1) is 15.3. The lowest BCUT2D eigenvalue weighted by Gasteiger charge is -2.12. The van der Waals surface area contributed by atoms with Crippen molar-refractivity contribution in [2.75, 3.05) is 18.5 Å². The highest BCUT2D eigenvalue weighted by atomic mass is 16.5. The molecule has 21 heavy (non-hydrogen) atoms. The maximum Gasteiger partial charge on any atom is 0.169 e. The van der Waals surface area contributed by atoms with Crippen LogP contribution in [0.1, 0.15) is 24.5 Å². The summed E-state index contributed by atoms with van der Waals surface area (Å²) in [6, 6.07) is 12.3. The van der Waals surface area contributed by atoms with Gasteiger partial charge >= 0.3 is 0 Å². The van der Waals surface area contributed by atoms with Crippen molar-refractivity contribution in [3.8, 4) is 5.75 Å². The third-order valence-corrected chi connectivity index (χ3v) is 3.15. The zero-order valence-electron chi connectivity index (χ0n) is 12.5. The predicted octanol–water partition coefficient (Wildman–Crippen LogP) is 2.98. The molecule has 0 saturated heterocycles. The van der Waals surface area contributed by atoms with E-state index in [1.807, 2.05) is 12.1 Å². The van der Waals surface area contributed by atoms with Gasteiger partial charge in [-0.15, -0.1) is 0 Å². The Hall–Kier alpha value is -2.07. The molecule has 0 aliphatic heterocycles. The fourth-order valence-electron chi connectivity index (χ4n) is 2.03. The number of benzene rings is 1. The second kappa shape index (κ2) is 8.27. The van der Waals surface area contributed by atoms with Gasteiger partial charge in [0.25, 0.3) is 0 Å². The van der Waals surface area contributed by atoms with Crippen molar-refractivity contribution < 1.29 is 4.74 Å². The predicted molar refractivity (Wildman–Crippen MR) is 86.6 cm³/mol. The quantitative estimate of drug-likeness (QED) is 0.783. The first-order valence-corrected chi connectivity index (χ1v) is 7.43. The molecule has 1 heterocycles. The second-order valence-corrected chi connectivity index (χ2v) is 4.91. The molecular weight excluding hydrogens is 262 g/mol. The number of nitrogens with one attached hydrogen (secondary N) is 1. The highest BCUT2D eigenvalue weighted by molar-refractivity contribution is 5.49. The summed E-state index contributed by atoms with van der Waals surface area (Å²) in [7, 11) is 0. The van der Waals surface area contributed by atoms with Gasteiger partial charge in [0.2, 0.25) is 0 Å². The molecule has 2 rings (SSSR count). The molecule has 3 N–H and O–H groups in total. The molecule has 0 unspecified atom stereocenters. The van der Waals surface area contributed by atoms with Gasteiger partial charge in [0, 0.05) is 12.7 Å². The van der Waals surface area contributed by atoms with Gasteiger partial charge in [-0.05, 0) is 42.6 Å². The van der Waals surface area contributed by atoms with Crippen LogP contribution >= 0.6 is 0 Å². The highest BCUT2D eigenvalue weighted by Gasteiger charge is 2.04. The standard InChI is InChI=1S/C17H23N3O/c1-2-12-21-16-4-3-11-19-17(16)20-13-15-7-5-14(6-8-15)9-10-18/h3-8,11H,2,9-10,12-13,18H2,1H3,(H,19,20). The van der Waals surface area contributed by atoms with Gasteiger partial charge in [0.05, 0.1) is 6.61 Å². The van der Waals surface area contributed by atoms with Crippen molar-refractivity contribution in [2.45, 2.75) is 26.3 Å². The summed E-state index contributed by atoms with van der Waals surface area (Å²) in [5.41, 5.74) is 8.04. The summed E-state index contributed by atoms with van der Waals surface area (Å²) in [5.74, 6) is 1.59. The minimum atomic E-state index is 0.684. The van der Waals surface area contributed by atoms with Crippen molar-refractivity contribution in [1.82, 2.24) is 4.98 Å². The number of anilines is 1. The number of hydrogen-bond acceptors (Lipinski definition) is 4. The molecule has 0 bridgehead atoms. The summed E-state index contributed by atoms with van der Waals surface area (Å²) < 4.78 is 5.69. The van der Waals surface area contributed by atoms with Crippen LogP contribution in [0.3, 0.4) is 0 Å². The SMILES string of the molecule is CCCOc1cccnc1NCc1ccc(CCN)cc1. The van der Waals surface area contributed by atoms with E-state index in [2.05, 4.69) is 41.5 Å². The van der Waals surface area contributed by atoms with Crippen LogP contribution in [0.15, 0.2) is 42.6 Å². The van der Waals surface area contributed by atoms with Gasteiger partial charge in [-0.3, -0.25) is 0 Å². The molecular formula is C17H23N3O. The van der Waals surface area contributed by atoms with Gasteiger partial charge in [0.1, 0.15) is 0 Å². The Labute approximate surface area is 126 Å². The zero-order valence-corrected chi connectivity index (χ0v) is 12.5. The first-order chi connectivity index (χ1) is 10.3. The summed E-state index contributed by atoms with van der Waals surface area (Å²) in [4.78, 5) is 4.34. The molecule has 1 aromatic carbocycles. The highest BCUT2D eigenvalue weighted by Crippen LogP contribution is 2.21. The van der Waals surface area contributed by atoms with E-state index in [-0.39, 0.29) is 0 Å². The van der Waals surface area contributed by atoms with Crippen LogP contribution in [0, 0.1) is 0 Å². The number of pyridine rings is 1. The lowest BCUT2D eigenvalue weighted by molar-refractivity contribution is 0.318. The Morgan fingerprint density at radius 1 is 1.14 bits per heavy atom. The van der Waals surface area contributed by atoms with E-state index in [4.69, 9.17) is 10.5 Å². The summed E-state index contributed by atoms with van der Waals surface area (Å²) in [6.07, 6.45) is 3.67. The van der Waals surface area contributed by atoms with E-state index in [1.165, 1.54) is 11.1 Å². The van der Waals surface area contributed by atoms with Gasteiger partial charge in [0.15, 0.2) is 11.6 Å². The van der Waals surface area contributed by atoms with E-state index in [0.717, 1.165) is 31.0 Å². The van der Waals surface area contributed by atoms with E-state index >= 15 is 0 Å². The van der Waals surface area contributed by atoms with E-state index in [1.54, 1.807) is 6.20 Å². The van der Waals surface area contributed by atoms with Crippen molar-refractivity contribution in [1.29, 1.82) is 0 Å². The van der Waals surface area contributed by atoms with Gasteiger partial charge in [-0.1, -0.05) is 31.2 Å². The van der Waals surface area contributed by atoms with Crippen LogP contribution in [0.25, 0.3) is 0 Å². The number of ether oxygens (including phenoxy) is 1. The Morgan fingerprint density at radius 3 is 2.62 bits per heavy atom. The van der Waals surface area contributed by atoms with Crippen molar-refractivity contribution in [3.63, 3.8) is 0 Å². The lowest BCUT2D eigenvalue weighted by Crippen LogP contribution is -2.06. The van der Waals surface area contributed by atoms with Crippen LogP contribution in [0.5, 0.6) is 5.75 Å². The van der Waals surface area contributed by atoms with Crippen molar-refractivity contribution in [2.24, 2.45) is 5.73 Å². The normalized spacial score (nSPS) is 10.4. The molecule has 1 aromatic heterocycles. The van der Waals surface area contributed by atoms with E-state index < -0.39 is 0 Å². The van der Waals surface area contributed by atoms with Crippen LogP contribution < -0.4 is 15.8 Å². The maximum atomic E-state index is 5.69. The Kier molecular flexibility index (Phi) is 6.03. The Bertz CT molecular complexity index is 540. The molecule has 0 spiro atoms.